The van der Waals surface area contributed by atoms with Gasteiger partial charge in [-0.1, -0.05) is 0 Å². The smallest absolute Gasteiger partial charge is 0.291 e. The average molecular weight is 361 g/mol. The molecule has 0 aliphatic rings. The third kappa shape index (κ3) is 4.96. The van der Waals surface area contributed by atoms with Crippen LogP contribution in [0, 0.1) is 11.3 Å². The Labute approximate surface area is 155 Å². The van der Waals surface area contributed by atoms with E-state index in [0.717, 1.165) is 0 Å². The minimum atomic E-state index is -0.351. The Bertz CT molecular complexity index is 956. The highest BCUT2D eigenvalue weighted by Gasteiger charge is 2.09. The highest BCUT2D eigenvalue weighted by Crippen LogP contribution is 2.17. The molecule has 0 bridgehead atoms. The zero-order chi connectivity index (χ0) is 19.1. The van der Waals surface area contributed by atoms with E-state index in [0.29, 0.717) is 22.7 Å². The molecule has 134 valence electrons. The number of hydrogen-bond donors (Lipinski definition) is 2. The first-order chi connectivity index (χ1) is 13.1. The third-order valence-electron chi connectivity index (χ3n) is 3.52. The van der Waals surface area contributed by atoms with Gasteiger partial charge in [-0.25, -0.2) is 0 Å². The molecular formula is C20H15N3O4. The molecule has 0 radical (unpaired) electrons. The van der Waals surface area contributed by atoms with E-state index in [1.807, 2.05) is 6.07 Å². The second-order valence-electron chi connectivity index (χ2n) is 5.48. The fourth-order valence-electron chi connectivity index (χ4n) is 2.21. The summed E-state index contributed by atoms with van der Waals surface area (Å²) in [5.41, 5.74) is 1.67. The number of nitrogens with zero attached hydrogens (tertiary/aromatic N) is 1. The van der Waals surface area contributed by atoms with Gasteiger partial charge in [-0.3, -0.25) is 9.59 Å². The molecule has 7 heteroatoms. The lowest BCUT2D eigenvalue weighted by Crippen LogP contribution is -2.20. The van der Waals surface area contributed by atoms with E-state index < -0.39 is 0 Å². The van der Waals surface area contributed by atoms with Gasteiger partial charge in [0.25, 0.3) is 11.8 Å². The molecule has 1 aromatic heterocycles. The number of furan rings is 1. The van der Waals surface area contributed by atoms with E-state index in [1.165, 1.54) is 6.26 Å². The standard InChI is InChI=1S/C20H15N3O4/c21-12-14-3-5-15(6-4-14)22-19(24)13-27-17-9-7-16(8-10-17)23-20(25)18-2-1-11-26-18/h1-11H,13H2,(H,22,24)(H,23,25). The predicted molar refractivity (Wildman–Crippen MR) is 98.4 cm³/mol. The summed E-state index contributed by atoms with van der Waals surface area (Å²) in [7, 11) is 0. The Morgan fingerprint density at radius 3 is 2.26 bits per heavy atom. The van der Waals surface area contributed by atoms with Crippen molar-refractivity contribution >= 4 is 23.2 Å². The molecule has 27 heavy (non-hydrogen) atoms. The van der Waals surface area contributed by atoms with Crippen molar-refractivity contribution in [2.45, 2.75) is 0 Å². The second-order valence-corrected chi connectivity index (χ2v) is 5.48. The molecule has 2 aromatic carbocycles. The number of nitrogens with one attached hydrogen (secondary N) is 2. The van der Waals surface area contributed by atoms with Crippen LogP contribution in [0.3, 0.4) is 0 Å². The molecule has 0 aliphatic carbocycles. The summed E-state index contributed by atoms with van der Waals surface area (Å²) in [4.78, 5) is 23.8. The fourth-order valence-corrected chi connectivity index (χ4v) is 2.21. The lowest BCUT2D eigenvalue weighted by molar-refractivity contribution is -0.118. The van der Waals surface area contributed by atoms with Gasteiger partial charge in [-0.2, -0.15) is 5.26 Å². The van der Waals surface area contributed by atoms with Gasteiger partial charge in [-0.15, -0.1) is 0 Å². The number of hydrogen-bond acceptors (Lipinski definition) is 5. The van der Waals surface area contributed by atoms with Gasteiger partial charge in [0.2, 0.25) is 0 Å². The van der Waals surface area contributed by atoms with E-state index in [9.17, 15) is 9.59 Å². The van der Waals surface area contributed by atoms with Crippen LogP contribution in [0.25, 0.3) is 0 Å². The van der Waals surface area contributed by atoms with E-state index in [4.69, 9.17) is 14.4 Å². The summed E-state index contributed by atoms with van der Waals surface area (Å²) in [6.07, 6.45) is 1.43. The van der Waals surface area contributed by atoms with Crippen molar-refractivity contribution < 1.29 is 18.7 Å². The van der Waals surface area contributed by atoms with Crippen molar-refractivity contribution in [3.05, 3.63) is 78.3 Å². The lowest BCUT2D eigenvalue weighted by Gasteiger charge is -2.09. The van der Waals surface area contributed by atoms with Crippen LogP contribution >= 0.6 is 0 Å². The molecule has 0 fully saturated rings. The molecule has 3 aromatic rings. The lowest BCUT2D eigenvalue weighted by atomic mass is 10.2. The van der Waals surface area contributed by atoms with Crippen molar-refractivity contribution in [3.8, 4) is 11.8 Å². The Morgan fingerprint density at radius 2 is 1.63 bits per heavy atom. The molecule has 3 rings (SSSR count). The highest BCUT2D eigenvalue weighted by molar-refractivity contribution is 6.02. The average Bonchev–Trinajstić information content (AvgIpc) is 3.23. The van der Waals surface area contributed by atoms with E-state index in [-0.39, 0.29) is 24.2 Å². The maximum Gasteiger partial charge on any atom is 0.291 e. The molecule has 0 saturated heterocycles. The topological polar surface area (TPSA) is 104 Å². The summed E-state index contributed by atoms with van der Waals surface area (Å²) < 4.78 is 10.4. The SMILES string of the molecule is N#Cc1ccc(NC(=O)COc2ccc(NC(=O)c3ccco3)cc2)cc1. The summed E-state index contributed by atoms with van der Waals surface area (Å²) in [6.45, 7) is -0.169. The molecular weight excluding hydrogens is 346 g/mol. The molecule has 0 aliphatic heterocycles. The number of benzene rings is 2. The maximum absolute atomic E-state index is 11.9. The molecule has 0 unspecified atom stereocenters. The Hall–Kier alpha value is -4.05. The third-order valence-corrected chi connectivity index (χ3v) is 3.52. The first kappa shape index (κ1) is 17.8. The maximum atomic E-state index is 11.9. The van der Waals surface area contributed by atoms with Crippen molar-refractivity contribution in [1.82, 2.24) is 0 Å². The van der Waals surface area contributed by atoms with Gasteiger partial charge in [0, 0.05) is 11.4 Å². The molecule has 7 nitrogen and oxygen atoms in total. The number of carbonyl (C=O) groups excluding carboxylic acids is 2. The normalized spacial score (nSPS) is 9.89. The molecule has 2 N–H and O–H groups in total. The first-order valence-corrected chi connectivity index (χ1v) is 8.02. The van der Waals surface area contributed by atoms with Crippen molar-refractivity contribution in [2.75, 3.05) is 17.2 Å². The van der Waals surface area contributed by atoms with Crippen molar-refractivity contribution in [1.29, 1.82) is 5.26 Å². The Kier molecular flexibility index (Phi) is 5.50. The quantitative estimate of drug-likeness (QED) is 0.700. The Balaban J connectivity index is 1.48. The van der Waals surface area contributed by atoms with Gasteiger partial charge >= 0.3 is 0 Å². The van der Waals surface area contributed by atoms with Crippen LogP contribution in [-0.4, -0.2) is 18.4 Å². The first-order valence-electron chi connectivity index (χ1n) is 8.02. The molecule has 0 saturated carbocycles. The second kappa shape index (κ2) is 8.36. The number of ether oxygens (including phenoxy) is 1. The largest absolute Gasteiger partial charge is 0.484 e. The van der Waals surface area contributed by atoms with Gasteiger partial charge in [0.1, 0.15) is 5.75 Å². The molecule has 1 heterocycles. The van der Waals surface area contributed by atoms with Crippen LogP contribution in [0.15, 0.2) is 71.3 Å². The van der Waals surface area contributed by atoms with Gasteiger partial charge in [-0.05, 0) is 60.7 Å². The van der Waals surface area contributed by atoms with Crippen LogP contribution in [0.5, 0.6) is 5.75 Å². The molecule has 0 atom stereocenters. The van der Waals surface area contributed by atoms with Crippen molar-refractivity contribution in [2.24, 2.45) is 0 Å². The van der Waals surface area contributed by atoms with Crippen LogP contribution < -0.4 is 15.4 Å². The van der Waals surface area contributed by atoms with Crippen LogP contribution in [-0.2, 0) is 4.79 Å². The summed E-state index contributed by atoms with van der Waals surface area (Å²) in [5, 5.41) is 14.1. The summed E-state index contributed by atoms with van der Waals surface area (Å²) >= 11 is 0. The predicted octanol–water partition coefficient (Wildman–Crippen LogP) is 3.42. The van der Waals surface area contributed by atoms with E-state index in [1.54, 1.807) is 60.7 Å². The molecule has 0 spiro atoms. The zero-order valence-electron chi connectivity index (χ0n) is 14.1. The number of anilines is 2. The summed E-state index contributed by atoms with van der Waals surface area (Å²) in [5.74, 6) is 0.0288. The van der Waals surface area contributed by atoms with Crippen LogP contribution in [0.2, 0.25) is 0 Å². The minimum Gasteiger partial charge on any atom is -0.484 e. The minimum absolute atomic E-state index is 0.169. The summed E-state index contributed by atoms with van der Waals surface area (Å²) in [6, 6.07) is 18.4. The zero-order valence-corrected chi connectivity index (χ0v) is 14.1. The number of amides is 2. The van der Waals surface area contributed by atoms with Crippen molar-refractivity contribution in [3.63, 3.8) is 0 Å². The number of nitriles is 1. The van der Waals surface area contributed by atoms with E-state index >= 15 is 0 Å². The Morgan fingerprint density at radius 1 is 0.963 bits per heavy atom. The highest BCUT2D eigenvalue weighted by atomic mass is 16.5. The van der Waals surface area contributed by atoms with E-state index in [2.05, 4.69) is 10.6 Å². The number of rotatable bonds is 6. The monoisotopic (exact) mass is 361 g/mol. The van der Waals surface area contributed by atoms with Crippen LogP contribution in [0.1, 0.15) is 16.1 Å². The molecule has 2 amide bonds. The van der Waals surface area contributed by atoms with Crippen LogP contribution in [0.4, 0.5) is 11.4 Å². The fraction of sp³-hybridized carbons (Fsp3) is 0.0500. The van der Waals surface area contributed by atoms with Gasteiger partial charge in [0.15, 0.2) is 12.4 Å². The number of carbonyl (C=O) groups is 2. The van der Waals surface area contributed by atoms with Gasteiger partial charge in [0.05, 0.1) is 17.9 Å². The van der Waals surface area contributed by atoms with Gasteiger partial charge < -0.3 is 19.8 Å².